The molecule has 0 radical (unpaired) electrons. The number of carboxylic acids is 1. The number of aliphatic carboxylic acids is 1. The number of benzene rings is 1. The summed E-state index contributed by atoms with van der Waals surface area (Å²) in [6.45, 7) is 1.86. The third-order valence-electron chi connectivity index (χ3n) is 2.95. The molecule has 0 aliphatic rings. The van der Waals surface area contributed by atoms with Crippen LogP contribution in [0.15, 0.2) is 24.3 Å². The van der Waals surface area contributed by atoms with E-state index in [1.165, 1.54) is 0 Å². The number of rotatable bonds is 3. The number of H-pyrrole nitrogens is 1. The normalized spacial score (nSPS) is 14.8. The van der Waals surface area contributed by atoms with Crippen LogP contribution in [-0.2, 0) is 4.79 Å². The molecule has 2 aromatic rings. The summed E-state index contributed by atoms with van der Waals surface area (Å²) in [7, 11) is 0. The quantitative estimate of drug-likeness (QED) is 0.631. The van der Waals surface area contributed by atoms with Gasteiger partial charge in [-0.1, -0.05) is 18.2 Å². The molecule has 2 atom stereocenters. The van der Waals surface area contributed by atoms with Crippen molar-refractivity contribution in [1.29, 1.82) is 0 Å². The second-order valence-corrected chi connectivity index (χ2v) is 4.10. The van der Waals surface area contributed by atoms with E-state index in [9.17, 15) is 4.79 Å². The molecule has 2 unspecified atom stereocenters. The molecule has 0 fully saturated rings. The van der Waals surface area contributed by atoms with Crippen molar-refractivity contribution in [3.8, 4) is 0 Å². The average Bonchev–Trinajstić information content (AvgIpc) is 2.62. The van der Waals surface area contributed by atoms with Crippen LogP contribution in [0.25, 0.3) is 10.9 Å². The van der Waals surface area contributed by atoms with Crippen LogP contribution < -0.4 is 11.5 Å². The average molecular weight is 233 g/mol. The van der Waals surface area contributed by atoms with E-state index in [0.717, 1.165) is 22.2 Å². The van der Waals surface area contributed by atoms with Crippen LogP contribution in [0.2, 0.25) is 0 Å². The Morgan fingerprint density at radius 2 is 2.00 bits per heavy atom. The van der Waals surface area contributed by atoms with E-state index in [0.29, 0.717) is 0 Å². The van der Waals surface area contributed by atoms with Crippen molar-refractivity contribution in [2.24, 2.45) is 11.5 Å². The smallest absolute Gasteiger partial charge is 0.322 e. The molecule has 0 spiro atoms. The van der Waals surface area contributed by atoms with Crippen molar-refractivity contribution in [3.63, 3.8) is 0 Å². The number of para-hydroxylation sites is 1. The molecular formula is C12H15N3O2. The zero-order chi connectivity index (χ0) is 12.6. The molecule has 6 N–H and O–H groups in total. The number of hydrogen-bond donors (Lipinski definition) is 4. The topological polar surface area (TPSA) is 105 Å². The predicted octanol–water partition coefficient (Wildman–Crippen LogP) is 0.888. The first-order valence-corrected chi connectivity index (χ1v) is 5.33. The van der Waals surface area contributed by atoms with E-state index in [1.54, 1.807) is 0 Å². The van der Waals surface area contributed by atoms with Crippen LogP contribution in [0, 0.1) is 6.92 Å². The predicted molar refractivity (Wildman–Crippen MR) is 65.6 cm³/mol. The summed E-state index contributed by atoms with van der Waals surface area (Å²) in [5.41, 5.74) is 14.1. The van der Waals surface area contributed by atoms with Gasteiger partial charge in [-0.25, -0.2) is 0 Å². The van der Waals surface area contributed by atoms with Crippen LogP contribution >= 0.6 is 0 Å². The van der Waals surface area contributed by atoms with Crippen LogP contribution in [-0.4, -0.2) is 22.1 Å². The Balaban J connectivity index is 2.54. The van der Waals surface area contributed by atoms with Gasteiger partial charge in [-0.3, -0.25) is 4.79 Å². The van der Waals surface area contributed by atoms with Crippen LogP contribution in [0.4, 0.5) is 0 Å². The van der Waals surface area contributed by atoms with Gasteiger partial charge in [0.1, 0.15) is 6.04 Å². The second kappa shape index (κ2) is 4.20. The van der Waals surface area contributed by atoms with Crippen molar-refractivity contribution in [2.75, 3.05) is 0 Å². The number of hydrogen-bond acceptors (Lipinski definition) is 3. The van der Waals surface area contributed by atoms with E-state index in [1.807, 2.05) is 31.2 Å². The first-order chi connectivity index (χ1) is 8.02. The molecule has 2 rings (SSSR count). The van der Waals surface area contributed by atoms with E-state index in [4.69, 9.17) is 16.6 Å². The molecule has 0 aliphatic carbocycles. The van der Waals surface area contributed by atoms with Gasteiger partial charge in [-0.2, -0.15) is 0 Å². The van der Waals surface area contributed by atoms with E-state index in [2.05, 4.69) is 4.98 Å². The van der Waals surface area contributed by atoms with Gasteiger partial charge in [0.25, 0.3) is 0 Å². The fourth-order valence-electron chi connectivity index (χ4n) is 2.06. The largest absolute Gasteiger partial charge is 0.480 e. The number of aromatic amines is 1. The Morgan fingerprint density at radius 3 is 2.65 bits per heavy atom. The lowest BCUT2D eigenvalue weighted by atomic mass is 9.98. The molecule has 5 heteroatoms. The Bertz CT molecular complexity index is 562. The SMILES string of the molecule is Cc1[nH]c2ccccc2c1C(N)C(N)C(=O)O. The van der Waals surface area contributed by atoms with E-state index >= 15 is 0 Å². The number of carboxylic acid groups (broad SMARTS) is 1. The molecule has 0 amide bonds. The highest BCUT2D eigenvalue weighted by atomic mass is 16.4. The zero-order valence-corrected chi connectivity index (χ0v) is 9.47. The number of aromatic nitrogens is 1. The van der Waals surface area contributed by atoms with Gasteiger partial charge >= 0.3 is 5.97 Å². The molecule has 0 saturated carbocycles. The van der Waals surface area contributed by atoms with E-state index < -0.39 is 18.1 Å². The molecule has 1 aromatic carbocycles. The lowest BCUT2D eigenvalue weighted by Gasteiger charge is -2.16. The summed E-state index contributed by atoms with van der Waals surface area (Å²) in [6, 6.07) is 5.80. The Labute approximate surface area is 98.4 Å². The monoisotopic (exact) mass is 233 g/mol. The maximum Gasteiger partial charge on any atom is 0.322 e. The first-order valence-electron chi connectivity index (χ1n) is 5.33. The minimum absolute atomic E-state index is 0.719. The first kappa shape index (κ1) is 11.6. The lowest BCUT2D eigenvalue weighted by Crippen LogP contribution is -2.41. The summed E-state index contributed by atoms with van der Waals surface area (Å²) in [6.07, 6.45) is 0. The Hall–Kier alpha value is -1.85. The zero-order valence-electron chi connectivity index (χ0n) is 9.47. The van der Waals surface area contributed by atoms with E-state index in [-0.39, 0.29) is 0 Å². The number of fused-ring (bicyclic) bond motifs is 1. The maximum absolute atomic E-state index is 10.9. The van der Waals surface area contributed by atoms with Crippen molar-refractivity contribution in [2.45, 2.75) is 19.0 Å². The van der Waals surface area contributed by atoms with Gasteiger partial charge in [0.15, 0.2) is 0 Å². The highest BCUT2D eigenvalue weighted by Crippen LogP contribution is 2.27. The number of nitrogens with two attached hydrogens (primary N) is 2. The molecule has 1 aromatic heterocycles. The van der Waals surface area contributed by atoms with Crippen molar-refractivity contribution >= 4 is 16.9 Å². The van der Waals surface area contributed by atoms with Crippen LogP contribution in [0.5, 0.6) is 0 Å². The molecule has 1 heterocycles. The summed E-state index contributed by atoms with van der Waals surface area (Å²) < 4.78 is 0. The highest BCUT2D eigenvalue weighted by molar-refractivity contribution is 5.86. The van der Waals surface area contributed by atoms with Gasteiger partial charge in [0.2, 0.25) is 0 Å². The minimum atomic E-state index is -1.10. The molecule has 17 heavy (non-hydrogen) atoms. The summed E-state index contributed by atoms with van der Waals surface area (Å²) in [5, 5.41) is 9.82. The standard InChI is InChI=1S/C12H15N3O2/c1-6-9(10(13)11(14)12(16)17)7-4-2-3-5-8(7)15-6/h2-5,10-11,15H,13-14H2,1H3,(H,16,17). The van der Waals surface area contributed by atoms with Crippen molar-refractivity contribution < 1.29 is 9.90 Å². The Kier molecular flexibility index (Phi) is 2.87. The fourth-order valence-corrected chi connectivity index (χ4v) is 2.06. The molecule has 0 aliphatic heterocycles. The number of nitrogens with one attached hydrogen (secondary N) is 1. The van der Waals surface area contributed by atoms with Crippen molar-refractivity contribution in [3.05, 3.63) is 35.5 Å². The van der Waals surface area contributed by atoms with Crippen LogP contribution in [0.3, 0.4) is 0 Å². The number of carbonyl (C=O) groups is 1. The van der Waals surface area contributed by atoms with Gasteiger partial charge in [-0.15, -0.1) is 0 Å². The van der Waals surface area contributed by atoms with Crippen LogP contribution in [0.1, 0.15) is 17.3 Å². The summed E-state index contributed by atoms with van der Waals surface area (Å²) in [5.74, 6) is -1.10. The van der Waals surface area contributed by atoms with Crippen molar-refractivity contribution in [1.82, 2.24) is 4.98 Å². The lowest BCUT2D eigenvalue weighted by molar-refractivity contribution is -0.139. The molecular weight excluding hydrogens is 218 g/mol. The summed E-state index contributed by atoms with van der Waals surface area (Å²) >= 11 is 0. The molecule has 0 saturated heterocycles. The minimum Gasteiger partial charge on any atom is -0.480 e. The third-order valence-corrected chi connectivity index (χ3v) is 2.95. The second-order valence-electron chi connectivity index (χ2n) is 4.10. The molecule has 0 bridgehead atoms. The maximum atomic E-state index is 10.9. The van der Waals surface area contributed by atoms with Gasteiger partial charge < -0.3 is 21.6 Å². The Morgan fingerprint density at radius 1 is 1.35 bits per heavy atom. The summed E-state index contributed by atoms with van der Waals surface area (Å²) in [4.78, 5) is 14.0. The third kappa shape index (κ3) is 1.90. The van der Waals surface area contributed by atoms with Gasteiger partial charge in [0.05, 0.1) is 6.04 Å². The molecule has 90 valence electrons. The molecule has 5 nitrogen and oxygen atoms in total. The van der Waals surface area contributed by atoms with Gasteiger partial charge in [0, 0.05) is 16.6 Å². The fraction of sp³-hybridized carbons (Fsp3) is 0.250. The van der Waals surface area contributed by atoms with Gasteiger partial charge in [-0.05, 0) is 18.6 Å². The highest BCUT2D eigenvalue weighted by Gasteiger charge is 2.25. The number of aryl methyl sites for hydroxylation is 1.